The molecule has 0 fully saturated rings. The molecule has 0 atom stereocenters. The Bertz CT molecular complexity index is 604. The number of carbonyl (C=O) groups is 1. The Morgan fingerprint density at radius 1 is 1.00 bits per heavy atom. The molecule has 0 radical (unpaired) electrons. The molecule has 1 amide bonds. The molecule has 0 bridgehead atoms. The zero-order valence-corrected chi connectivity index (χ0v) is 11.2. The summed E-state index contributed by atoms with van der Waals surface area (Å²) in [5, 5.41) is 2.46. The first-order valence-corrected chi connectivity index (χ1v) is 6.00. The fourth-order valence-electron chi connectivity index (χ4n) is 1.74. The zero-order chi connectivity index (χ0) is 14.7. The first-order valence-electron chi connectivity index (χ1n) is 6.00. The second kappa shape index (κ2) is 5.69. The van der Waals surface area contributed by atoms with Crippen molar-refractivity contribution in [3.63, 3.8) is 0 Å². The molecule has 20 heavy (non-hydrogen) atoms. The lowest BCUT2D eigenvalue weighted by Crippen LogP contribution is -2.13. The Morgan fingerprint density at radius 2 is 1.55 bits per heavy atom. The molecule has 5 heteroatoms. The van der Waals surface area contributed by atoms with E-state index in [0.717, 1.165) is 23.9 Å². The van der Waals surface area contributed by atoms with Gasteiger partial charge in [0.15, 0.2) is 0 Å². The minimum atomic E-state index is -0.733. The summed E-state index contributed by atoms with van der Waals surface area (Å²) in [6.07, 6.45) is 0. The molecule has 1 N–H and O–H groups in total. The number of rotatable bonds is 3. The second-order valence-electron chi connectivity index (χ2n) is 4.55. The number of carbonyl (C=O) groups excluding carboxylic acids is 1. The average molecular weight is 276 g/mol. The SMILES string of the molecule is CN(C)c1ccc(C(=O)Nc2cc(F)cc(F)c2)cc1. The Labute approximate surface area is 115 Å². The molecule has 0 spiro atoms. The Morgan fingerprint density at radius 3 is 2.05 bits per heavy atom. The predicted molar refractivity (Wildman–Crippen MR) is 75.1 cm³/mol. The maximum atomic E-state index is 13.0. The van der Waals surface area contributed by atoms with E-state index in [1.807, 2.05) is 19.0 Å². The summed E-state index contributed by atoms with van der Waals surface area (Å²) in [6.45, 7) is 0. The molecule has 0 saturated heterocycles. The molecule has 0 aromatic heterocycles. The van der Waals surface area contributed by atoms with Crippen molar-refractivity contribution in [3.05, 3.63) is 59.7 Å². The van der Waals surface area contributed by atoms with Gasteiger partial charge in [-0.3, -0.25) is 4.79 Å². The minimum Gasteiger partial charge on any atom is -0.378 e. The fourth-order valence-corrected chi connectivity index (χ4v) is 1.74. The highest BCUT2D eigenvalue weighted by molar-refractivity contribution is 6.04. The van der Waals surface area contributed by atoms with E-state index < -0.39 is 17.5 Å². The molecule has 0 aliphatic rings. The Balaban J connectivity index is 2.15. The highest BCUT2D eigenvalue weighted by Gasteiger charge is 2.08. The molecule has 2 aromatic rings. The lowest BCUT2D eigenvalue weighted by Gasteiger charge is -2.12. The predicted octanol–water partition coefficient (Wildman–Crippen LogP) is 3.28. The van der Waals surface area contributed by atoms with E-state index in [9.17, 15) is 13.6 Å². The number of benzene rings is 2. The van der Waals surface area contributed by atoms with Gasteiger partial charge in [0.25, 0.3) is 5.91 Å². The zero-order valence-electron chi connectivity index (χ0n) is 11.2. The van der Waals surface area contributed by atoms with Gasteiger partial charge in [-0.2, -0.15) is 0 Å². The lowest BCUT2D eigenvalue weighted by molar-refractivity contribution is 0.102. The molecule has 2 rings (SSSR count). The van der Waals surface area contributed by atoms with E-state index in [4.69, 9.17) is 0 Å². The van der Waals surface area contributed by atoms with Gasteiger partial charge in [0, 0.05) is 37.1 Å². The van der Waals surface area contributed by atoms with Crippen LogP contribution < -0.4 is 10.2 Å². The number of nitrogens with zero attached hydrogens (tertiary/aromatic N) is 1. The van der Waals surface area contributed by atoms with Gasteiger partial charge in [-0.1, -0.05) is 0 Å². The van der Waals surface area contributed by atoms with Gasteiger partial charge >= 0.3 is 0 Å². The van der Waals surface area contributed by atoms with Crippen LogP contribution in [0.1, 0.15) is 10.4 Å². The van der Waals surface area contributed by atoms with Crippen LogP contribution in [0.5, 0.6) is 0 Å². The maximum absolute atomic E-state index is 13.0. The van der Waals surface area contributed by atoms with Crippen molar-refractivity contribution in [3.8, 4) is 0 Å². The molecule has 2 aromatic carbocycles. The minimum absolute atomic E-state index is 0.0872. The average Bonchev–Trinajstić information content (AvgIpc) is 2.37. The van der Waals surface area contributed by atoms with Crippen LogP contribution in [0.15, 0.2) is 42.5 Å². The standard InChI is InChI=1S/C15H14F2N2O/c1-19(2)14-5-3-10(4-6-14)15(20)18-13-8-11(16)7-12(17)9-13/h3-9H,1-2H3,(H,18,20). The summed E-state index contributed by atoms with van der Waals surface area (Å²) in [7, 11) is 3.79. The monoisotopic (exact) mass is 276 g/mol. The molecule has 0 unspecified atom stereocenters. The van der Waals surface area contributed by atoms with Gasteiger partial charge in [0.1, 0.15) is 11.6 Å². The van der Waals surface area contributed by atoms with Crippen molar-refractivity contribution in [2.24, 2.45) is 0 Å². The third-order valence-corrected chi connectivity index (χ3v) is 2.77. The molecule has 104 valence electrons. The quantitative estimate of drug-likeness (QED) is 0.933. The molecule has 0 saturated carbocycles. The normalized spacial score (nSPS) is 10.2. The lowest BCUT2D eigenvalue weighted by atomic mass is 10.2. The van der Waals surface area contributed by atoms with Crippen LogP contribution in [-0.4, -0.2) is 20.0 Å². The van der Waals surface area contributed by atoms with Crippen molar-refractivity contribution >= 4 is 17.3 Å². The van der Waals surface area contributed by atoms with Crippen molar-refractivity contribution in [1.82, 2.24) is 0 Å². The molecule has 0 heterocycles. The van der Waals surface area contributed by atoms with Crippen molar-refractivity contribution < 1.29 is 13.6 Å². The summed E-state index contributed by atoms with van der Waals surface area (Å²) in [5.74, 6) is -1.88. The third kappa shape index (κ3) is 3.32. The van der Waals surface area contributed by atoms with Crippen LogP contribution in [0.25, 0.3) is 0 Å². The van der Waals surface area contributed by atoms with E-state index in [-0.39, 0.29) is 5.69 Å². The van der Waals surface area contributed by atoms with Crippen LogP contribution in [0.2, 0.25) is 0 Å². The summed E-state index contributed by atoms with van der Waals surface area (Å²) in [6, 6.07) is 9.77. The van der Waals surface area contributed by atoms with Crippen LogP contribution in [0.3, 0.4) is 0 Å². The van der Waals surface area contributed by atoms with Gasteiger partial charge in [0.2, 0.25) is 0 Å². The molecule has 0 aliphatic carbocycles. The van der Waals surface area contributed by atoms with Gasteiger partial charge in [0.05, 0.1) is 0 Å². The molecular formula is C15H14F2N2O. The smallest absolute Gasteiger partial charge is 0.255 e. The molecule has 3 nitrogen and oxygen atoms in total. The maximum Gasteiger partial charge on any atom is 0.255 e. The van der Waals surface area contributed by atoms with Gasteiger partial charge in [-0.05, 0) is 36.4 Å². The van der Waals surface area contributed by atoms with Gasteiger partial charge < -0.3 is 10.2 Å². The van der Waals surface area contributed by atoms with Crippen LogP contribution in [-0.2, 0) is 0 Å². The van der Waals surface area contributed by atoms with E-state index in [1.54, 1.807) is 24.3 Å². The van der Waals surface area contributed by atoms with Crippen LogP contribution in [0.4, 0.5) is 20.2 Å². The van der Waals surface area contributed by atoms with E-state index in [2.05, 4.69) is 5.32 Å². The van der Waals surface area contributed by atoms with E-state index >= 15 is 0 Å². The number of hydrogen-bond acceptors (Lipinski definition) is 2. The fraction of sp³-hybridized carbons (Fsp3) is 0.133. The molecular weight excluding hydrogens is 262 g/mol. The number of nitrogens with one attached hydrogen (secondary N) is 1. The third-order valence-electron chi connectivity index (χ3n) is 2.77. The Hall–Kier alpha value is -2.43. The van der Waals surface area contributed by atoms with Crippen molar-refractivity contribution in [2.45, 2.75) is 0 Å². The van der Waals surface area contributed by atoms with Crippen LogP contribution >= 0.6 is 0 Å². The topological polar surface area (TPSA) is 32.3 Å². The number of amides is 1. The van der Waals surface area contributed by atoms with Gasteiger partial charge in [-0.25, -0.2) is 8.78 Å². The van der Waals surface area contributed by atoms with Crippen LogP contribution in [0, 0.1) is 11.6 Å². The van der Waals surface area contributed by atoms with Crippen molar-refractivity contribution in [2.75, 3.05) is 24.3 Å². The number of halogens is 2. The number of hydrogen-bond donors (Lipinski definition) is 1. The summed E-state index contributed by atoms with van der Waals surface area (Å²) >= 11 is 0. The van der Waals surface area contributed by atoms with Crippen molar-refractivity contribution in [1.29, 1.82) is 0 Å². The van der Waals surface area contributed by atoms with Gasteiger partial charge in [-0.15, -0.1) is 0 Å². The summed E-state index contributed by atoms with van der Waals surface area (Å²) < 4.78 is 26.1. The summed E-state index contributed by atoms with van der Waals surface area (Å²) in [5.41, 5.74) is 1.46. The highest BCUT2D eigenvalue weighted by Crippen LogP contribution is 2.16. The Kier molecular flexibility index (Phi) is 3.98. The number of anilines is 2. The second-order valence-corrected chi connectivity index (χ2v) is 4.55. The first-order chi connectivity index (χ1) is 9.45. The largest absolute Gasteiger partial charge is 0.378 e. The highest BCUT2D eigenvalue weighted by atomic mass is 19.1. The van der Waals surface area contributed by atoms with E-state index in [1.165, 1.54) is 0 Å². The van der Waals surface area contributed by atoms with E-state index in [0.29, 0.717) is 5.56 Å². The first kappa shape index (κ1) is 14.0. The summed E-state index contributed by atoms with van der Waals surface area (Å²) in [4.78, 5) is 13.9. The molecule has 0 aliphatic heterocycles.